The summed E-state index contributed by atoms with van der Waals surface area (Å²) in [7, 11) is -8.52. The van der Waals surface area contributed by atoms with Crippen LogP contribution in [0.3, 0.4) is 0 Å². The van der Waals surface area contributed by atoms with E-state index in [9.17, 15) is 16.8 Å². The van der Waals surface area contributed by atoms with Gasteiger partial charge in [0.05, 0.1) is 10.7 Å². The fourth-order valence-corrected chi connectivity index (χ4v) is 3.99. The van der Waals surface area contributed by atoms with Crippen LogP contribution < -0.4 is 20.9 Å². The highest BCUT2D eigenvalue weighted by atomic mass is 35.5. The van der Waals surface area contributed by atoms with E-state index in [1.807, 2.05) is 6.07 Å². The number of nitrogens with two attached hydrogens (primary N) is 2. The summed E-state index contributed by atoms with van der Waals surface area (Å²) in [5.41, 5.74) is 0.567. The molecule has 0 aliphatic heterocycles. The molecular weight excluding hydrogens is 408 g/mol. The maximum Gasteiger partial charge on any atom is 0.240 e. The van der Waals surface area contributed by atoms with Crippen molar-refractivity contribution < 1.29 is 16.8 Å². The summed E-state index contributed by atoms with van der Waals surface area (Å²) in [6, 6.07) is 10.7. The lowest BCUT2D eigenvalue weighted by molar-refractivity contribution is 0.596. The molecule has 0 saturated heterocycles. The second kappa shape index (κ2) is 7.23. The highest BCUT2D eigenvalue weighted by Gasteiger charge is 2.22. The normalized spacial score (nSPS) is 11.8. The van der Waals surface area contributed by atoms with Crippen LogP contribution in [0.25, 0.3) is 0 Å². The van der Waals surface area contributed by atoms with Crippen molar-refractivity contribution in [2.45, 2.75) is 9.79 Å². The molecule has 134 valence electrons. The zero-order valence-electron chi connectivity index (χ0n) is 12.4. The van der Waals surface area contributed by atoms with E-state index in [2.05, 4.69) is 10.6 Å². The number of benzene rings is 2. The van der Waals surface area contributed by atoms with Crippen LogP contribution in [0.4, 0.5) is 11.4 Å². The third-order valence-corrected chi connectivity index (χ3v) is 5.46. The largest absolute Gasteiger partial charge is 0.332 e. The number of nitrogens with one attached hydrogen (secondary N) is 2. The van der Waals surface area contributed by atoms with Gasteiger partial charge in [0.2, 0.25) is 20.0 Å². The fraction of sp³-hybridized carbons (Fsp3) is 0. The number of anilines is 2. The zero-order valence-corrected chi connectivity index (χ0v) is 15.6. The van der Waals surface area contributed by atoms with Gasteiger partial charge in [-0.05, 0) is 36.5 Å². The minimum absolute atomic E-state index is 0.0514. The second-order valence-electron chi connectivity index (χ2n) is 4.81. The number of sulfonamides is 2. The van der Waals surface area contributed by atoms with Gasteiger partial charge in [0, 0.05) is 5.69 Å². The predicted molar refractivity (Wildman–Crippen MR) is 100 cm³/mol. The molecule has 2 aromatic rings. The maximum atomic E-state index is 11.8. The summed E-state index contributed by atoms with van der Waals surface area (Å²) in [4.78, 5) is -1.08. The van der Waals surface area contributed by atoms with Crippen LogP contribution >= 0.6 is 23.8 Å². The van der Waals surface area contributed by atoms with E-state index in [-0.39, 0.29) is 15.8 Å². The van der Waals surface area contributed by atoms with Crippen molar-refractivity contribution in [2.24, 2.45) is 10.3 Å². The van der Waals surface area contributed by atoms with E-state index in [0.717, 1.165) is 12.1 Å². The van der Waals surface area contributed by atoms with Crippen molar-refractivity contribution in [1.29, 1.82) is 0 Å². The van der Waals surface area contributed by atoms with Gasteiger partial charge in [-0.25, -0.2) is 27.1 Å². The lowest BCUT2D eigenvalue weighted by Gasteiger charge is -2.15. The molecule has 0 radical (unpaired) electrons. The summed E-state index contributed by atoms with van der Waals surface area (Å²) in [6.07, 6.45) is 0. The Balaban J connectivity index is 2.43. The molecule has 0 heterocycles. The lowest BCUT2D eigenvalue weighted by Crippen LogP contribution is -2.23. The van der Waals surface area contributed by atoms with Crippen molar-refractivity contribution in [1.82, 2.24) is 0 Å². The fourth-order valence-electron chi connectivity index (χ4n) is 1.89. The first-order chi connectivity index (χ1) is 11.5. The van der Waals surface area contributed by atoms with Gasteiger partial charge in [-0.15, -0.1) is 0 Å². The molecule has 0 aliphatic rings. The van der Waals surface area contributed by atoms with Crippen molar-refractivity contribution in [3.8, 4) is 0 Å². The van der Waals surface area contributed by atoms with Crippen molar-refractivity contribution >= 4 is 60.4 Å². The molecule has 2 aromatic carbocycles. The number of rotatable bonds is 4. The van der Waals surface area contributed by atoms with E-state index in [1.165, 1.54) is 0 Å². The van der Waals surface area contributed by atoms with E-state index in [4.69, 9.17) is 34.1 Å². The molecule has 0 fully saturated rings. The van der Waals surface area contributed by atoms with Crippen LogP contribution in [0.2, 0.25) is 5.02 Å². The monoisotopic (exact) mass is 420 g/mol. The number of para-hydroxylation sites is 1. The molecule has 25 heavy (non-hydrogen) atoms. The van der Waals surface area contributed by atoms with Gasteiger partial charge in [-0.1, -0.05) is 29.8 Å². The smallest absolute Gasteiger partial charge is 0.240 e. The van der Waals surface area contributed by atoms with Crippen molar-refractivity contribution in [3.05, 3.63) is 47.5 Å². The van der Waals surface area contributed by atoms with Crippen LogP contribution in [0.1, 0.15) is 0 Å². The maximum absolute atomic E-state index is 11.8. The molecule has 0 amide bonds. The van der Waals surface area contributed by atoms with Gasteiger partial charge in [0.25, 0.3) is 0 Å². The standard InChI is InChI=1S/C13H13ClN4O4S3/c14-9-6-10(18-13(23)17-8-4-2-1-3-5-8)12(25(16,21)22)7-11(9)24(15,19)20/h1-7H,(H2,15,19,20)(H2,16,21,22)(H2,17,18,23). The summed E-state index contributed by atoms with van der Waals surface area (Å²) >= 11 is 11.0. The Labute approximate surface area is 155 Å². The molecule has 6 N–H and O–H groups in total. The lowest BCUT2D eigenvalue weighted by atomic mass is 10.3. The molecule has 0 atom stereocenters. The summed E-state index contributed by atoms with van der Waals surface area (Å²) in [6.45, 7) is 0. The van der Waals surface area contributed by atoms with Crippen molar-refractivity contribution in [2.75, 3.05) is 10.6 Å². The van der Waals surface area contributed by atoms with Gasteiger partial charge in [-0.3, -0.25) is 0 Å². The Hall–Kier alpha value is -1.76. The average Bonchev–Trinajstić information content (AvgIpc) is 2.45. The number of primary sulfonamides is 2. The summed E-state index contributed by atoms with van der Waals surface area (Å²) < 4.78 is 46.6. The van der Waals surface area contributed by atoms with Crippen molar-refractivity contribution in [3.63, 3.8) is 0 Å². The summed E-state index contributed by atoms with van der Waals surface area (Å²) in [5.74, 6) is 0. The first-order valence-corrected chi connectivity index (χ1v) is 10.4. The third kappa shape index (κ3) is 5.11. The number of thiocarbonyl (C=S) groups is 1. The van der Waals surface area contributed by atoms with E-state index in [0.29, 0.717) is 5.69 Å². The predicted octanol–water partition coefficient (Wildman–Crippen LogP) is 1.44. The molecule has 12 heteroatoms. The molecule has 0 spiro atoms. The topological polar surface area (TPSA) is 144 Å². The van der Waals surface area contributed by atoms with Gasteiger partial charge in [0.15, 0.2) is 5.11 Å². The van der Waals surface area contributed by atoms with Gasteiger partial charge in [0.1, 0.15) is 9.79 Å². The van der Waals surface area contributed by atoms with Crippen LogP contribution in [-0.4, -0.2) is 21.9 Å². The Kier molecular flexibility index (Phi) is 5.66. The second-order valence-corrected chi connectivity index (χ2v) is 8.69. The van der Waals surface area contributed by atoms with Gasteiger partial charge in [-0.2, -0.15) is 0 Å². The summed E-state index contributed by atoms with van der Waals surface area (Å²) in [5, 5.41) is 15.4. The van der Waals surface area contributed by atoms with E-state index in [1.54, 1.807) is 24.3 Å². The Bertz CT molecular complexity index is 1020. The van der Waals surface area contributed by atoms with Crippen LogP contribution in [0, 0.1) is 0 Å². The Morgan fingerprint density at radius 1 is 0.920 bits per heavy atom. The Morgan fingerprint density at radius 2 is 1.48 bits per heavy atom. The van der Waals surface area contributed by atoms with E-state index < -0.39 is 29.8 Å². The minimum atomic E-state index is -4.28. The molecule has 0 bridgehead atoms. The van der Waals surface area contributed by atoms with Crippen LogP contribution in [-0.2, 0) is 20.0 Å². The molecule has 0 aromatic heterocycles. The molecule has 0 saturated carbocycles. The van der Waals surface area contributed by atoms with Crippen LogP contribution in [0.15, 0.2) is 52.3 Å². The van der Waals surface area contributed by atoms with Crippen LogP contribution in [0.5, 0.6) is 0 Å². The highest BCUT2D eigenvalue weighted by molar-refractivity contribution is 7.90. The quantitative estimate of drug-likeness (QED) is 0.547. The molecule has 0 aliphatic carbocycles. The average molecular weight is 421 g/mol. The molecule has 8 nitrogen and oxygen atoms in total. The number of hydrogen-bond acceptors (Lipinski definition) is 5. The highest BCUT2D eigenvalue weighted by Crippen LogP contribution is 2.30. The van der Waals surface area contributed by atoms with E-state index >= 15 is 0 Å². The zero-order chi connectivity index (χ0) is 18.8. The first kappa shape index (κ1) is 19.6. The Morgan fingerprint density at radius 3 is 2.00 bits per heavy atom. The molecule has 2 rings (SSSR count). The van der Waals surface area contributed by atoms with Gasteiger partial charge >= 0.3 is 0 Å². The number of hydrogen-bond donors (Lipinski definition) is 4. The SMILES string of the molecule is NS(=O)(=O)c1cc(S(N)(=O)=O)c(NC(=S)Nc2ccccc2)cc1Cl. The van der Waals surface area contributed by atoms with Gasteiger partial charge < -0.3 is 10.6 Å². The number of halogens is 1. The first-order valence-electron chi connectivity index (χ1n) is 6.50. The molecule has 0 unspecified atom stereocenters. The molecular formula is C13H13ClN4O4S3. The minimum Gasteiger partial charge on any atom is -0.332 e. The third-order valence-electron chi connectivity index (χ3n) is 2.93.